The van der Waals surface area contributed by atoms with Gasteiger partial charge in [0.1, 0.15) is 11.5 Å². The highest BCUT2D eigenvalue weighted by Gasteiger charge is 2.50. The van der Waals surface area contributed by atoms with Crippen LogP contribution in [0, 0.1) is 5.92 Å². The van der Waals surface area contributed by atoms with E-state index in [1.807, 2.05) is 29.2 Å². The Bertz CT molecular complexity index is 953. The SMILES string of the molecule is COc1ccccc1[C@H]1[C@H]2CCCC[C@@]2(O)CCN1C(=O)COc1ccc(Cl)cc1Cl. The molecule has 1 N–H and O–H groups in total. The van der Waals surface area contributed by atoms with Crippen molar-refractivity contribution < 1.29 is 19.4 Å². The quantitative estimate of drug-likeness (QED) is 0.655. The number of fused-ring (bicyclic) bond motifs is 1. The number of carbonyl (C=O) groups excluding carboxylic acids is 1. The Morgan fingerprint density at radius 2 is 1.97 bits per heavy atom. The first kappa shape index (κ1) is 22.3. The second kappa shape index (κ2) is 9.27. The van der Waals surface area contributed by atoms with E-state index in [0.29, 0.717) is 28.8 Å². The molecule has 1 amide bonds. The van der Waals surface area contributed by atoms with Crippen molar-refractivity contribution in [1.82, 2.24) is 4.90 Å². The number of ether oxygens (including phenoxy) is 2. The number of hydrogen-bond donors (Lipinski definition) is 1. The first-order valence-electron chi connectivity index (χ1n) is 10.7. The van der Waals surface area contributed by atoms with E-state index < -0.39 is 5.60 Å². The third kappa shape index (κ3) is 4.50. The van der Waals surface area contributed by atoms with Crippen molar-refractivity contribution in [2.75, 3.05) is 20.3 Å². The molecule has 0 unspecified atom stereocenters. The Labute approximate surface area is 192 Å². The molecule has 31 heavy (non-hydrogen) atoms. The molecule has 5 nitrogen and oxygen atoms in total. The van der Waals surface area contributed by atoms with Gasteiger partial charge in [-0.3, -0.25) is 4.79 Å². The average molecular weight is 464 g/mol. The normalized spacial score (nSPS) is 25.6. The predicted molar refractivity (Wildman–Crippen MR) is 121 cm³/mol. The number of amides is 1. The summed E-state index contributed by atoms with van der Waals surface area (Å²) >= 11 is 12.1. The summed E-state index contributed by atoms with van der Waals surface area (Å²) in [5.74, 6) is 0.949. The number of nitrogens with zero attached hydrogens (tertiary/aromatic N) is 1. The maximum Gasteiger partial charge on any atom is 0.261 e. The van der Waals surface area contributed by atoms with E-state index in [1.54, 1.807) is 25.3 Å². The molecule has 2 aromatic rings. The van der Waals surface area contributed by atoms with Crippen molar-refractivity contribution in [2.24, 2.45) is 5.92 Å². The summed E-state index contributed by atoms with van der Waals surface area (Å²) in [6.45, 7) is 0.324. The average Bonchev–Trinajstić information content (AvgIpc) is 2.77. The monoisotopic (exact) mass is 463 g/mol. The minimum atomic E-state index is -0.763. The van der Waals surface area contributed by atoms with Crippen molar-refractivity contribution in [3.63, 3.8) is 0 Å². The Hall–Kier alpha value is -1.95. The van der Waals surface area contributed by atoms with E-state index in [9.17, 15) is 9.90 Å². The minimum absolute atomic E-state index is 0.0469. The van der Waals surface area contributed by atoms with Gasteiger partial charge in [0, 0.05) is 23.0 Å². The van der Waals surface area contributed by atoms with Crippen LogP contribution < -0.4 is 9.47 Å². The maximum absolute atomic E-state index is 13.3. The van der Waals surface area contributed by atoms with E-state index in [4.69, 9.17) is 32.7 Å². The van der Waals surface area contributed by atoms with Crippen LogP contribution in [-0.4, -0.2) is 41.8 Å². The van der Waals surface area contributed by atoms with Crippen molar-refractivity contribution in [1.29, 1.82) is 0 Å². The summed E-state index contributed by atoms with van der Waals surface area (Å²) in [5, 5.41) is 12.3. The lowest BCUT2D eigenvalue weighted by molar-refractivity contribution is -0.157. The van der Waals surface area contributed by atoms with Crippen molar-refractivity contribution >= 4 is 29.1 Å². The zero-order valence-corrected chi connectivity index (χ0v) is 19.0. The number of likely N-dealkylation sites (tertiary alicyclic amines) is 1. The van der Waals surface area contributed by atoms with Crippen LogP contribution in [0.4, 0.5) is 0 Å². The molecular formula is C24H27Cl2NO4. The number of benzene rings is 2. The maximum atomic E-state index is 13.3. The fourth-order valence-corrected chi connectivity index (χ4v) is 5.53. The van der Waals surface area contributed by atoms with Gasteiger partial charge in [-0.15, -0.1) is 0 Å². The van der Waals surface area contributed by atoms with Crippen molar-refractivity contribution in [3.05, 3.63) is 58.1 Å². The molecule has 1 aliphatic heterocycles. The van der Waals surface area contributed by atoms with Gasteiger partial charge in [-0.1, -0.05) is 54.2 Å². The summed E-state index contributed by atoms with van der Waals surface area (Å²) in [4.78, 5) is 15.2. The number of para-hydroxylation sites is 1. The summed E-state index contributed by atoms with van der Waals surface area (Å²) in [6.07, 6.45) is 4.25. The fourth-order valence-electron chi connectivity index (χ4n) is 5.07. The lowest BCUT2D eigenvalue weighted by Crippen LogP contribution is -2.57. The van der Waals surface area contributed by atoms with Gasteiger partial charge >= 0.3 is 0 Å². The van der Waals surface area contributed by atoms with Gasteiger partial charge in [0.05, 0.1) is 23.8 Å². The minimum Gasteiger partial charge on any atom is -0.496 e. The smallest absolute Gasteiger partial charge is 0.261 e. The second-order valence-electron chi connectivity index (χ2n) is 8.34. The molecule has 2 aromatic carbocycles. The number of piperidine rings is 1. The van der Waals surface area contributed by atoms with E-state index in [2.05, 4.69) is 0 Å². The van der Waals surface area contributed by atoms with Gasteiger partial charge < -0.3 is 19.5 Å². The first-order chi connectivity index (χ1) is 14.9. The van der Waals surface area contributed by atoms with Crippen LogP contribution in [0.2, 0.25) is 10.0 Å². The first-order valence-corrected chi connectivity index (χ1v) is 11.4. The van der Waals surface area contributed by atoms with E-state index in [1.165, 1.54) is 0 Å². The zero-order valence-electron chi connectivity index (χ0n) is 17.5. The molecule has 4 rings (SSSR count). The van der Waals surface area contributed by atoms with Crippen LogP contribution in [0.3, 0.4) is 0 Å². The third-order valence-corrected chi connectivity index (χ3v) is 7.12. The molecule has 166 valence electrons. The van der Waals surface area contributed by atoms with Gasteiger partial charge in [-0.05, 0) is 43.5 Å². The highest BCUT2D eigenvalue weighted by Crippen LogP contribution is 2.50. The Kier molecular flexibility index (Phi) is 6.65. The van der Waals surface area contributed by atoms with E-state index in [-0.39, 0.29) is 24.5 Å². The molecule has 1 saturated carbocycles. The lowest BCUT2D eigenvalue weighted by Gasteiger charge is -2.52. The van der Waals surface area contributed by atoms with E-state index in [0.717, 1.165) is 37.0 Å². The molecule has 1 saturated heterocycles. The lowest BCUT2D eigenvalue weighted by atomic mass is 9.66. The number of aliphatic hydroxyl groups is 1. The molecule has 7 heteroatoms. The summed E-state index contributed by atoms with van der Waals surface area (Å²) in [5.41, 5.74) is 0.161. The molecule has 0 aromatic heterocycles. The predicted octanol–water partition coefficient (Wildman–Crippen LogP) is 5.28. The van der Waals surface area contributed by atoms with Crippen LogP contribution in [-0.2, 0) is 4.79 Å². The molecular weight excluding hydrogens is 437 g/mol. The Morgan fingerprint density at radius 1 is 1.16 bits per heavy atom. The number of halogens is 2. The molecule has 3 atom stereocenters. The van der Waals surface area contributed by atoms with Gasteiger partial charge in [0.2, 0.25) is 0 Å². The summed E-state index contributed by atoms with van der Waals surface area (Å²) < 4.78 is 11.3. The van der Waals surface area contributed by atoms with Crippen LogP contribution in [0.1, 0.15) is 43.7 Å². The molecule has 2 aliphatic rings. The van der Waals surface area contributed by atoms with Crippen LogP contribution in [0.5, 0.6) is 11.5 Å². The standard InChI is InChI=1S/C24H27Cl2NO4/c1-30-20-8-3-2-6-17(20)23-18-7-4-5-11-24(18,29)12-13-27(23)22(28)15-31-21-10-9-16(25)14-19(21)26/h2-3,6,8-10,14,18,23,29H,4-5,7,11-13,15H2,1H3/t18-,23+,24-/m1/s1. The number of carbonyl (C=O) groups is 1. The third-order valence-electron chi connectivity index (χ3n) is 6.59. The molecule has 0 spiro atoms. The summed E-state index contributed by atoms with van der Waals surface area (Å²) in [6, 6.07) is 12.4. The van der Waals surface area contributed by atoms with Crippen LogP contribution in [0.15, 0.2) is 42.5 Å². The molecule has 2 fully saturated rings. The number of methoxy groups -OCH3 is 1. The van der Waals surface area contributed by atoms with Gasteiger partial charge in [-0.25, -0.2) is 0 Å². The van der Waals surface area contributed by atoms with Gasteiger partial charge in [-0.2, -0.15) is 0 Å². The Morgan fingerprint density at radius 3 is 2.74 bits per heavy atom. The largest absolute Gasteiger partial charge is 0.496 e. The van der Waals surface area contributed by atoms with Crippen molar-refractivity contribution in [2.45, 2.75) is 43.7 Å². The van der Waals surface area contributed by atoms with E-state index >= 15 is 0 Å². The second-order valence-corrected chi connectivity index (χ2v) is 9.19. The van der Waals surface area contributed by atoms with Crippen LogP contribution in [0.25, 0.3) is 0 Å². The molecule has 0 bridgehead atoms. The molecule has 1 aliphatic carbocycles. The highest BCUT2D eigenvalue weighted by molar-refractivity contribution is 6.35. The van der Waals surface area contributed by atoms with Gasteiger partial charge in [0.15, 0.2) is 6.61 Å². The molecule has 1 heterocycles. The fraction of sp³-hybridized carbons (Fsp3) is 0.458. The highest BCUT2D eigenvalue weighted by atomic mass is 35.5. The molecule has 0 radical (unpaired) electrons. The Balaban J connectivity index is 1.62. The summed E-state index contributed by atoms with van der Waals surface area (Å²) in [7, 11) is 1.63. The van der Waals surface area contributed by atoms with Gasteiger partial charge in [0.25, 0.3) is 5.91 Å². The number of rotatable bonds is 5. The van der Waals surface area contributed by atoms with Crippen molar-refractivity contribution in [3.8, 4) is 11.5 Å². The number of hydrogen-bond acceptors (Lipinski definition) is 4. The zero-order chi connectivity index (χ0) is 22.0. The topological polar surface area (TPSA) is 59.0 Å². The van der Waals surface area contributed by atoms with Crippen LogP contribution >= 0.6 is 23.2 Å².